The molecule has 0 bridgehead atoms. The Labute approximate surface area is 151 Å². The molecule has 2 aromatic rings. The summed E-state index contributed by atoms with van der Waals surface area (Å²) >= 11 is 0. The van der Waals surface area contributed by atoms with Crippen LogP contribution in [0.4, 0.5) is 0 Å². The zero-order valence-corrected chi connectivity index (χ0v) is 14.4. The second-order valence-electron chi connectivity index (χ2n) is 5.78. The maximum atomic E-state index is 12.1. The molecule has 0 saturated carbocycles. The molecule has 2 amide bonds. The van der Waals surface area contributed by atoms with Gasteiger partial charge in [0.05, 0.1) is 0 Å². The van der Waals surface area contributed by atoms with E-state index in [-0.39, 0.29) is 25.2 Å². The highest BCUT2D eigenvalue weighted by Gasteiger charge is 2.15. The minimum atomic E-state index is -0.247. The molecule has 0 spiro atoms. The first kappa shape index (κ1) is 17.6. The number of hydrogen-bond acceptors (Lipinski definition) is 5. The lowest BCUT2D eigenvalue weighted by Crippen LogP contribution is -2.36. The Bertz CT molecular complexity index is 789. The van der Waals surface area contributed by atoms with Gasteiger partial charge in [0, 0.05) is 18.7 Å². The molecule has 7 heteroatoms. The molecule has 0 unspecified atom stereocenters. The van der Waals surface area contributed by atoms with Crippen LogP contribution in [0, 0.1) is 6.92 Å². The smallest absolute Gasteiger partial charge is 0.258 e. The van der Waals surface area contributed by atoms with Gasteiger partial charge in [0.1, 0.15) is 5.75 Å². The van der Waals surface area contributed by atoms with Crippen LogP contribution in [0.3, 0.4) is 0 Å². The predicted molar refractivity (Wildman–Crippen MR) is 94.6 cm³/mol. The van der Waals surface area contributed by atoms with Gasteiger partial charge in [-0.15, -0.1) is 0 Å². The first-order valence-corrected chi connectivity index (χ1v) is 8.26. The second kappa shape index (κ2) is 8.24. The van der Waals surface area contributed by atoms with E-state index < -0.39 is 0 Å². The first-order chi connectivity index (χ1) is 12.6. The van der Waals surface area contributed by atoms with Crippen LogP contribution in [-0.2, 0) is 4.79 Å². The maximum absolute atomic E-state index is 12.1. The summed E-state index contributed by atoms with van der Waals surface area (Å²) in [5.41, 5.74) is 1.60. The van der Waals surface area contributed by atoms with Gasteiger partial charge in [-0.2, -0.15) is 0 Å². The number of rotatable bonds is 7. The first-order valence-electron chi connectivity index (χ1n) is 8.26. The van der Waals surface area contributed by atoms with E-state index in [9.17, 15) is 9.59 Å². The molecule has 0 radical (unpaired) electrons. The maximum Gasteiger partial charge on any atom is 0.258 e. The van der Waals surface area contributed by atoms with Crippen molar-refractivity contribution in [3.63, 3.8) is 0 Å². The van der Waals surface area contributed by atoms with Gasteiger partial charge in [0.15, 0.2) is 18.1 Å². The fourth-order valence-electron chi connectivity index (χ4n) is 2.35. The molecule has 1 heterocycles. The molecule has 0 aliphatic carbocycles. The Morgan fingerprint density at radius 1 is 1.00 bits per heavy atom. The molecule has 2 N–H and O–H groups in total. The lowest BCUT2D eigenvalue weighted by molar-refractivity contribution is -0.123. The standard InChI is InChI=1S/C19H20N2O5/c1-13-2-5-15(6-3-13)24-11-18(22)20-8-9-21-19(23)14-4-7-16-17(10-14)26-12-25-16/h2-7,10H,8-9,11-12H2,1H3,(H,20,22)(H,21,23). The topological polar surface area (TPSA) is 85.9 Å². The van der Waals surface area contributed by atoms with Crippen LogP contribution in [0.25, 0.3) is 0 Å². The minimum Gasteiger partial charge on any atom is -0.484 e. The summed E-state index contributed by atoms with van der Waals surface area (Å²) in [6.07, 6.45) is 0. The summed E-state index contributed by atoms with van der Waals surface area (Å²) in [6.45, 7) is 2.69. The van der Waals surface area contributed by atoms with E-state index in [1.807, 2.05) is 31.2 Å². The van der Waals surface area contributed by atoms with Crippen molar-refractivity contribution in [1.29, 1.82) is 0 Å². The number of hydrogen-bond donors (Lipinski definition) is 2. The zero-order chi connectivity index (χ0) is 18.4. The van der Waals surface area contributed by atoms with Crippen molar-refractivity contribution in [2.24, 2.45) is 0 Å². The number of amides is 2. The molecule has 1 aliphatic heterocycles. The summed E-state index contributed by atoms with van der Waals surface area (Å²) in [4.78, 5) is 23.8. The van der Waals surface area contributed by atoms with Gasteiger partial charge in [0.25, 0.3) is 11.8 Å². The highest BCUT2D eigenvalue weighted by Crippen LogP contribution is 2.32. The molecule has 0 fully saturated rings. The van der Waals surface area contributed by atoms with Gasteiger partial charge >= 0.3 is 0 Å². The molecule has 136 valence electrons. The monoisotopic (exact) mass is 356 g/mol. The van der Waals surface area contributed by atoms with Crippen molar-refractivity contribution in [1.82, 2.24) is 10.6 Å². The Balaban J connectivity index is 1.35. The molecule has 26 heavy (non-hydrogen) atoms. The predicted octanol–water partition coefficient (Wildman–Crippen LogP) is 1.65. The van der Waals surface area contributed by atoms with E-state index in [1.54, 1.807) is 18.2 Å². The van der Waals surface area contributed by atoms with Gasteiger partial charge in [0.2, 0.25) is 6.79 Å². The van der Waals surface area contributed by atoms with E-state index in [4.69, 9.17) is 14.2 Å². The third-order valence-corrected chi connectivity index (χ3v) is 3.76. The average molecular weight is 356 g/mol. The molecular weight excluding hydrogens is 336 g/mol. The second-order valence-corrected chi connectivity index (χ2v) is 5.78. The number of nitrogens with one attached hydrogen (secondary N) is 2. The van der Waals surface area contributed by atoms with Crippen LogP contribution in [0.5, 0.6) is 17.2 Å². The van der Waals surface area contributed by atoms with Crippen molar-refractivity contribution < 1.29 is 23.8 Å². The molecule has 3 rings (SSSR count). The molecule has 0 atom stereocenters. The van der Waals surface area contributed by atoms with Gasteiger partial charge in [-0.3, -0.25) is 9.59 Å². The molecular formula is C19H20N2O5. The quantitative estimate of drug-likeness (QED) is 0.737. The summed E-state index contributed by atoms with van der Waals surface area (Å²) in [6, 6.07) is 12.4. The summed E-state index contributed by atoms with van der Waals surface area (Å²) in [7, 11) is 0. The van der Waals surface area contributed by atoms with Gasteiger partial charge in [-0.05, 0) is 37.3 Å². The Hall–Kier alpha value is -3.22. The van der Waals surface area contributed by atoms with Crippen LogP contribution in [0.2, 0.25) is 0 Å². The lowest BCUT2D eigenvalue weighted by atomic mass is 10.2. The highest BCUT2D eigenvalue weighted by atomic mass is 16.7. The van der Waals surface area contributed by atoms with Crippen LogP contribution in [0.1, 0.15) is 15.9 Å². The molecule has 7 nitrogen and oxygen atoms in total. The van der Waals surface area contributed by atoms with Crippen LogP contribution < -0.4 is 24.8 Å². The third kappa shape index (κ3) is 4.66. The van der Waals surface area contributed by atoms with Gasteiger partial charge < -0.3 is 24.8 Å². The normalized spacial score (nSPS) is 11.7. The van der Waals surface area contributed by atoms with E-state index in [0.717, 1.165) is 5.56 Å². The van der Waals surface area contributed by atoms with Crippen LogP contribution in [-0.4, -0.2) is 38.3 Å². The number of carbonyl (C=O) groups excluding carboxylic acids is 2. The molecule has 0 aromatic heterocycles. The minimum absolute atomic E-state index is 0.0703. The van der Waals surface area contributed by atoms with E-state index >= 15 is 0 Å². The van der Waals surface area contributed by atoms with Gasteiger partial charge in [-0.1, -0.05) is 17.7 Å². The number of fused-ring (bicyclic) bond motifs is 1. The fraction of sp³-hybridized carbons (Fsp3) is 0.263. The Kier molecular flexibility index (Phi) is 5.58. The molecule has 2 aromatic carbocycles. The average Bonchev–Trinajstić information content (AvgIpc) is 3.12. The SMILES string of the molecule is Cc1ccc(OCC(=O)NCCNC(=O)c2ccc3c(c2)OCO3)cc1. The zero-order valence-electron chi connectivity index (χ0n) is 14.4. The van der Waals surface area contributed by atoms with Crippen molar-refractivity contribution >= 4 is 11.8 Å². The van der Waals surface area contributed by atoms with Crippen molar-refractivity contribution in [2.75, 3.05) is 26.5 Å². The summed E-state index contributed by atoms with van der Waals surface area (Å²) in [5, 5.41) is 5.42. The van der Waals surface area contributed by atoms with E-state index in [0.29, 0.717) is 35.9 Å². The highest BCUT2D eigenvalue weighted by molar-refractivity contribution is 5.95. The fourth-order valence-corrected chi connectivity index (χ4v) is 2.35. The van der Waals surface area contributed by atoms with Crippen LogP contribution >= 0.6 is 0 Å². The van der Waals surface area contributed by atoms with Crippen LogP contribution in [0.15, 0.2) is 42.5 Å². The van der Waals surface area contributed by atoms with E-state index in [1.165, 1.54) is 0 Å². The van der Waals surface area contributed by atoms with Crippen molar-refractivity contribution in [3.05, 3.63) is 53.6 Å². The van der Waals surface area contributed by atoms with Gasteiger partial charge in [-0.25, -0.2) is 0 Å². The van der Waals surface area contributed by atoms with Crippen molar-refractivity contribution in [3.8, 4) is 17.2 Å². The van der Waals surface area contributed by atoms with Crippen molar-refractivity contribution in [2.45, 2.75) is 6.92 Å². The summed E-state index contributed by atoms with van der Waals surface area (Å²) < 4.78 is 15.8. The summed E-state index contributed by atoms with van der Waals surface area (Å²) in [5.74, 6) is 1.33. The Morgan fingerprint density at radius 2 is 1.73 bits per heavy atom. The largest absolute Gasteiger partial charge is 0.484 e. The Morgan fingerprint density at radius 3 is 2.54 bits per heavy atom. The third-order valence-electron chi connectivity index (χ3n) is 3.76. The number of carbonyl (C=O) groups is 2. The molecule has 0 saturated heterocycles. The number of ether oxygens (including phenoxy) is 3. The van der Waals surface area contributed by atoms with E-state index in [2.05, 4.69) is 10.6 Å². The number of benzene rings is 2. The lowest BCUT2D eigenvalue weighted by Gasteiger charge is -2.09. The number of aryl methyl sites for hydroxylation is 1. The molecule has 1 aliphatic rings.